The number of aromatic nitrogens is 4. The lowest BCUT2D eigenvalue weighted by atomic mass is 9.99. The molecule has 6 nitrogen and oxygen atoms in total. The van der Waals surface area contributed by atoms with Crippen molar-refractivity contribution in [3.8, 4) is 11.5 Å². The van der Waals surface area contributed by atoms with Gasteiger partial charge in [-0.2, -0.15) is 0 Å². The number of hydrogen-bond acceptors (Lipinski definition) is 6. The molecule has 0 N–H and O–H groups in total. The van der Waals surface area contributed by atoms with Gasteiger partial charge in [-0.25, -0.2) is 19.3 Å². The molecule has 0 spiro atoms. The zero-order chi connectivity index (χ0) is 19.0. The standard InChI is InChI=1S/C20H21FN6/c1-13-15-12-23-20(17-6-4-5-8-22-17)24-16(15)7-9-27(13)19-11-14(21)10-18(25-19)26(2)3/h4-6,8,10-13H,7,9H2,1-3H3. The van der Waals surface area contributed by atoms with Crippen LogP contribution in [0.4, 0.5) is 16.0 Å². The summed E-state index contributed by atoms with van der Waals surface area (Å²) in [5, 5.41) is 0. The first-order chi connectivity index (χ1) is 13.0. The third-order valence-electron chi connectivity index (χ3n) is 4.82. The topological polar surface area (TPSA) is 58.0 Å². The summed E-state index contributed by atoms with van der Waals surface area (Å²) >= 11 is 0. The number of hydrogen-bond donors (Lipinski definition) is 0. The average Bonchev–Trinajstić information content (AvgIpc) is 2.68. The largest absolute Gasteiger partial charge is 0.363 e. The maximum Gasteiger partial charge on any atom is 0.178 e. The van der Waals surface area contributed by atoms with Crippen LogP contribution in [0.25, 0.3) is 11.5 Å². The summed E-state index contributed by atoms with van der Waals surface area (Å²) in [6.45, 7) is 2.79. The molecule has 0 saturated carbocycles. The van der Waals surface area contributed by atoms with Crippen molar-refractivity contribution in [1.29, 1.82) is 0 Å². The SMILES string of the molecule is CC1c2cnc(-c3ccccn3)nc2CCN1c1cc(F)cc(N(C)C)n1. The second kappa shape index (κ2) is 6.90. The molecule has 4 heterocycles. The predicted octanol–water partition coefficient (Wildman–Crippen LogP) is 3.26. The van der Waals surface area contributed by atoms with Crippen LogP contribution in [0.1, 0.15) is 24.2 Å². The zero-order valence-corrected chi connectivity index (χ0v) is 15.6. The Bertz CT molecular complexity index is 960. The number of anilines is 2. The molecule has 1 unspecified atom stereocenters. The van der Waals surface area contributed by atoms with Gasteiger partial charge in [0.15, 0.2) is 5.82 Å². The van der Waals surface area contributed by atoms with Crippen LogP contribution in [0.2, 0.25) is 0 Å². The first-order valence-electron chi connectivity index (χ1n) is 8.91. The quantitative estimate of drug-likeness (QED) is 0.711. The van der Waals surface area contributed by atoms with E-state index in [0.29, 0.717) is 17.5 Å². The monoisotopic (exact) mass is 364 g/mol. The molecule has 0 amide bonds. The fraction of sp³-hybridized carbons (Fsp3) is 0.300. The minimum atomic E-state index is -0.288. The second-order valence-electron chi connectivity index (χ2n) is 6.83. The van der Waals surface area contributed by atoms with E-state index in [1.165, 1.54) is 12.1 Å². The fourth-order valence-corrected chi connectivity index (χ4v) is 3.34. The van der Waals surface area contributed by atoms with E-state index in [-0.39, 0.29) is 11.9 Å². The van der Waals surface area contributed by atoms with Crippen molar-refractivity contribution in [1.82, 2.24) is 19.9 Å². The molecule has 0 radical (unpaired) electrons. The Morgan fingerprint density at radius 2 is 2.00 bits per heavy atom. The first-order valence-corrected chi connectivity index (χ1v) is 8.91. The van der Waals surface area contributed by atoms with Gasteiger partial charge >= 0.3 is 0 Å². The predicted molar refractivity (Wildman–Crippen MR) is 103 cm³/mol. The van der Waals surface area contributed by atoms with Crippen LogP contribution in [-0.2, 0) is 6.42 Å². The van der Waals surface area contributed by atoms with Gasteiger partial charge in [-0.15, -0.1) is 0 Å². The minimum Gasteiger partial charge on any atom is -0.363 e. The van der Waals surface area contributed by atoms with Crippen molar-refractivity contribution in [3.63, 3.8) is 0 Å². The van der Waals surface area contributed by atoms with E-state index in [2.05, 4.69) is 26.8 Å². The van der Waals surface area contributed by atoms with Crippen molar-refractivity contribution < 1.29 is 4.39 Å². The molecule has 3 aromatic heterocycles. The summed E-state index contributed by atoms with van der Waals surface area (Å²) < 4.78 is 14.1. The summed E-state index contributed by atoms with van der Waals surface area (Å²) in [7, 11) is 3.71. The van der Waals surface area contributed by atoms with Gasteiger partial charge in [-0.1, -0.05) is 6.07 Å². The van der Waals surface area contributed by atoms with E-state index >= 15 is 0 Å². The first kappa shape index (κ1) is 17.3. The van der Waals surface area contributed by atoms with Crippen LogP contribution in [0.15, 0.2) is 42.7 Å². The van der Waals surface area contributed by atoms with Gasteiger partial charge in [0.05, 0.1) is 11.7 Å². The normalized spacial score (nSPS) is 16.1. The van der Waals surface area contributed by atoms with Crippen molar-refractivity contribution in [3.05, 3.63) is 59.8 Å². The molecule has 0 fully saturated rings. The van der Waals surface area contributed by atoms with Crippen LogP contribution >= 0.6 is 0 Å². The Kier molecular flexibility index (Phi) is 4.43. The Morgan fingerprint density at radius 1 is 1.15 bits per heavy atom. The van der Waals surface area contributed by atoms with E-state index < -0.39 is 0 Å². The molecular formula is C20H21FN6. The van der Waals surface area contributed by atoms with Crippen molar-refractivity contribution in [2.24, 2.45) is 0 Å². The van der Waals surface area contributed by atoms with Gasteiger partial charge in [0.1, 0.15) is 23.1 Å². The Hall–Kier alpha value is -3.09. The average molecular weight is 364 g/mol. The number of pyridine rings is 2. The van der Waals surface area contributed by atoms with Gasteiger partial charge in [-0.05, 0) is 19.1 Å². The molecule has 1 aliphatic heterocycles. The summed E-state index contributed by atoms with van der Waals surface area (Å²) in [5.41, 5.74) is 2.81. The molecule has 4 rings (SSSR count). The number of rotatable bonds is 3. The lowest BCUT2D eigenvalue weighted by Gasteiger charge is -2.35. The highest BCUT2D eigenvalue weighted by atomic mass is 19.1. The van der Waals surface area contributed by atoms with E-state index in [4.69, 9.17) is 4.98 Å². The third kappa shape index (κ3) is 3.32. The lowest BCUT2D eigenvalue weighted by Crippen LogP contribution is -2.35. The Morgan fingerprint density at radius 3 is 2.74 bits per heavy atom. The number of nitrogens with zero attached hydrogens (tertiary/aromatic N) is 6. The highest BCUT2D eigenvalue weighted by Crippen LogP contribution is 2.33. The highest BCUT2D eigenvalue weighted by Gasteiger charge is 2.27. The van der Waals surface area contributed by atoms with Gasteiger partial charge in [0.25, 0.3) is 0 Å². The van der Waals surface area contributed by atoms with Gasteiger partial charge in [0.2, 0.25) is 0 Å². The molecule has 138 valence electrons. The fourth-order valence-electron chi connectivity index (χ4n) is 3.34. The molecule has 0 saturated heterocycles. The molecule has 7 heteroatoms. The van der Waals surface area contributed by atoms with Crippen LogP contribution in [-0.4, -0.2) is 40.6 Å². The molecule has 3 aromatic rings. The molecular weight excluding hydrogens is 343 g/mol. The van der Waals surface area contributed by atoms with Gasteiger partial charge in [-0.3, -0.25) is 4.98 Å². The maximum atomic E-state index is 14.1. The third-order valence-corrected chi connectivity index (χ3v) is 4.82. The molecule has 27 heavy (non-hydrogen) atoms. The van der Waals surface area contributed by atoms with Crippen LogP contribution in [0.3, 0.4) is 0 Å². The van der Waals surface area contributed by atoms with Gasteiger partial charge in [0, 0.05) is 57.2 Å². The van der Waals surface area contributed by atoms with E-state index in [1.54, 1.807) is 11.1 Å². The van der Waals surface area contributed by atoms with E-state index in [9.17, 15) is 4.39 Å². The molecule has 0 aromatic carbocycles. The number of halogens is 1. The smallest absolute Gasteiger partial charge is 0.178 e. The van der Waals surface area contributed by atoms with Crippen LogP contribution in [0, 0.1) is 5.82 Å². The maximum absolute atomic E-state index is 14.1. The second-order valence-corrected chi connectivity index (χ2v) is 6.83. The zero-order valence-electron chi connectivity index (χ0n) is 15.6. The highest BCUT2D eigenvalue weighted by molar-refractivity contribution is 5.53. The summed E-state index contributed by atoms with van der Waals surface area (Å²) in [6.07, 6.45) is 4.34. The van der Waals surface area contributed by atoms with Gasteiger partial charge < -0.3 is 9.80 Å². The summed E-state index contributed by atoms with van der Waals surface area (Å²) in [4.78, 5) is 22.1. The van der Waals surface area contributed by atoms with Crippen LogP contribution in [0.5, 0.6) is 0 Å². The Balaban J connectivity index is 1.67. The van der Waals surface area contributed by atoms with Crippen molar-refractivity contribution >= 4 is 11.6 Å². The summed E-state index contributed by atoms with van der Waals surface area (Å²) in [5.74, 6) is 1.58. The lowest BCUT2D eigenvalue weighted by molar-refractivity contribution is 0.590. The van der Waals surface area contributed by atoms with E-state index in [1.807, 2.05) is 38.5 Å². The molecule has 0 bridgehead atoms. The van der Waals surface area contributed by atoms with Crippen LogP contribution < -0.4 is 9.80 Å². The Labute approximate surface area is 157 Å². The summed E-state index contributed by atoms with van der Waals surface area (Å²) in [6, 6.07) is 8.63. The van der Waals surface area contributed by atoms with Crippen molar-refractivity contribution in [2.75, 3.05) is 30.4 Å². The molecule has 1 aliphatic rings. The minimum absolute atomic E-state index is 0.0100. The number of fused-ring (bicyclic) bond motifs is 1. The molecule has 1 atom stereocenters. The molecule has 0 aliphatic carbocycles. The van der Waals surface area contributed by atoms with E-state index in [0.717, 1.165) is 29.9 Å². The van der Waals surface area contributed by atoms with Crippen molar-refractivity contribution in [2.45, 2.75) is 19.4 Å².